The molecule has 0 aliphatic rings. The van der Waals surface area contributed by atoms with Gasteiger partial charge in [0.15, 0.2) is 5.75 Å². The first-order chi connectivity index (χ1) is 10.1. The van der Waals surface area contributed by atoms with Crippen molar-refractivity contribution >= 4 is 11.6 Å². The van der Waals surface area contributed by atoms with E-state index in [2.05, 4.69) is 29.2 Å². The van der Waals surface area contributed by atoms with Crippen LogP contribution in [0.1, 0.15) is 26.3 Å². The molecule has 0 aromatic carbocycles. The molecule has 2 aromatic rings. The van der Waals surface area contributed by atoms with Crippen LogP contribution in [0, 0.1) is 5.92 Å². The van der Waals surface area contributed by atoms with Crippen LogP contribution >= 0.6 is 11.6 Å². The molecule has 2 aromatic heterocycles. The van der Waals surface area contributed by atoms with Gasteiger partial charge in [-0.2, -0.15) is 5.10 Å². The summed E-state index contributed by atoms with van der Waals surface area (Å²) in [5.41, 5.74) is 1.04. The Bertz CT molecular complexity index is 583. The van der Waals surface area contributed by atoms with E-state index < -0.39 is 0 Å². The van der Waals surface area contributed by atoms with Gasteiger partial charge < -0.3 is 10.1 Å². The molecule has 2 heterocycles. The maximum absolute atomic E-state index is 6.22. The van der Waals surface area contributed by atoms with E-state index in [1.165, 1.54) is 0 Å². The number of ether oxygens (including phenoxy) is 1. The van der Waals surface area contributed by atoms with E-state index in [0.29, 0.717) is 22.6 Å². The molecule has 0 fully saturated rings. The number of nitrogens with one attached hydrogen (secondary N) is 1. The van der Waals surface area contributed by atoms with E-state index in [1.807, 2.05) is 19.2 Å². The van der Waals surface area contributed by atoms with Gasteiger partial charge in [0.05, 0.1) is 12.4 Å². The highest BCUT2D eigenvalue weighted by Crippen LogP contribution is 2.27. The molecule has 6 heteroatoms. The Morgan fingerprint density at radius 2 is 2.19 bits per heavy atom. The molecule has 0 bridgehead atoms. The number of hydrogen-bond acceptors (Lipinski definition) is 4. The number of aromatic nitrogens is 3. The van der Waals surface area contributed by atoms with Gasteiger partial charge in [-0.1, -0.05) is 25.4 Å². The Kier molecular flexibility index (Phi) is 5.59. The molecule has 0 spiro atoms. The Morgan fingerprint density at radius 1 is 1.38 bits per heavy atom. The molecule has 0 amide bonds. The topological polar surface area (TPSA) is 52.0 Å². The lowest BCUT2D eigenvalue weighted by molar-refractivity contribution is 0.461. The van der Waals surface area contributed by atoms with Gasteiger partial charge in [0.25, 0.3) is 0 Å². The van der Waals surface area contributed by atoms with E-state index in [1.54, 1.807) is 17.1 Å². The second-order valence-electron chi connectivity index (χ2n) is 5.29. The summed E-state index contributed by atoms with van der Waals surface area (Å²) in [6.07, 6.45) is 5.24. The molecule has 1 N–H and O–H groups in total. The van der Waals surface area contributed by atoms with Gasteiger partial charge >= 0.3 is 0 Å². The molecular formula is C15H21ClN4O. The molecular weight excluding hydrogens is 288 g/mol. The van der Waals surface area contributed by atoms with E-state index in [-0.39, 0.29) is 0 Å². The summed E-state index contributed by atoms with van der Waals surface area (Å²) in [5, 5.41) is 8.00. The van der Waals surface area contributed by atoms with Crippen molar-refractivity contribution in [2.75, 3.05) is 6.54 Å². The number of rotatable bonds is 7. The first-order valence-corrected chi connectivity index (χ1v) is 7.51. The lowest BCUT2D eigenvalue weighted by atomic mass is 10.2. The van der Waals surface area contributed by atoms with Crippen molar-refractivity contribution in [3.05, 3.63) is 35.2 Å². The van der Waals surface area contributed by atoms with Gasteiger partial charge in [-0.05, 0) is 31.0 Å². The molecule has 0 atom stereocenters. The summed E-state index contributed by atoms with van der Waals surface area (Å²) in [6, 6.07) is 1.88. The Balaban J connectivity index is 1.98. The second-order valence-corrected chi connectivity index (χ2v) is 5.70. The van der Waals surface area contributed by atoms with Crippen molar-refractivity contribution in [1.29, 1.82) is 0 Å². The molecule has 5 nitrogen and oxygen atoms in total. The Labute approximate surface area is 130 Å². The van der Waals surface area contributed by atoms with Crippen molar-refractivity contribution in [1.82, 2.24) is 20.1 Å². The van der Waals surface area contributed by atoms with Gasteiger partial charge in [0, 0.05) is 19.3 Å². The fourth-order valence-corrected chi connectivity index (χ4v) is 2.05. The van der Waals surface area contributed by atoms with E-state index >= 15 is 0 Å². The van der Waals surface area contributed by atoms with Crippen LogP contribution in [0.25, 0.3) is 0 Å². The molecule has 114 valence electrons. The average molecular weight is 309 g/mol. The zero-order valence-electron chi connectivity index (χ0n) is 12.6. The lowest BCUT2D eigenvalue weighted by Crippen LogP contribution is -2.19. The van der Waals surface area contributed by atoms with Crippen molar-refractivity contribution in [3.8, 4) is 11.6 Å². The van der Waals surface area contributed by atoms with Crippen molar-refractivity contribution in [3.63, 3.8) is 0 Å². The number of nitrogens with zero attached hydrogens (tertiary/aromatic N) is 3. The summed E-state index contributed by atoms with van der Waals surface area (Å²) in [4.78, 5) is 4.28. The van der Waals surface area contributed by atoms with Gasteiger partial charge in [-0.3, -0.25) is 4.68 Å². The van der Waals surface area contributed by atoms with Crippen LogP contribution in [0.15, 0.2) is 24.7 Å². The SMILES string of the molecule is CCn1cc(Oc2ncc(CNCC(C)C)cc2Cl)cn1. The summed E-state index contributed by atoms with van der Waals surface area (Å²) in [7, 11) is 0. The molecule has 0 aliphatic carbocycles. The minimum absolute atomic E-state index is 0.403. The van der Waals surface area contributed by atoms with Crippen molar-refractivity contribution in [2.24, 2.45) is 5.92 Å². The number of hydrogen-bond donors (Lipinski definition) is 1. The molecule has 0 unspecified atom stereocenters. The highest BCUT2D eigenvalue weighted by molar-refractivity contribution is 6.31. The van der Waals surface area contributed by atoms with Gasteiger partial charge in [0.1, 0.15) is 5.02 Å². The zero-order valence-corrected chi connectivity index (χ0v) is 13.4. The number of pyridine rings is 1. The van der Waals surface area contributed by atoms with Gasteiger partial charge in [-0.25, -0.2) is 4.98 Å². The lowest BCUT2D eigenvalue weighted by Gasteiger charge is -2.09. The van der Waals surface area contributed by atoms with Crippen LogP contribution < -0.4 is 10.1 Å². The first kappa shape index (κ1) is 15.8. The highest BCUT2D eigenvalue weighted by atomic mass is 35.5. The number of aryl methyl sites for hydroxylation is 1. The zero-order chi connectivity index (χ0) is 15.2. The van der Waals surface area contributed by atoms with Crippen molar-refractivity contribution < 1.29 is 4.74 Å². The Morgan fingerprint density at radius 3 is 2.81 bits per heavy atom. The smallest absolute Gasteiger partial charge is 0.238 e. The van der Waals surface area contributed by atoms with Crippen molar-refractivity contribution in [2.45, 2.75) is 33.9 Å². The molecule has 0 aliphatic heterocycles. The van der Waals surface area contributed by atoms with Crippen LogP contribution in [0.3, 0.4) is 0 Å². The average Bonchev–Trinajstić information content (AvgIpc) is 2.89. The van der Waals surface area contributed by atoms with Crippen LogP contribution in [0.2, 0.25) is 5.02 Å². The minimum Gasteiger partial charge on any atom is -0.434 e. The predicted octanol–water partition coefficient (Wildman–Crippen LogP) is 3.49. The van der Waals surface area contributed by atoms with Crippen LogP contribution in [0.4, 0.5) is 0 Å². The standard InChI is InChI=1S/C15H21ClN4O/c1-4-20-10-13(9-19-20)21-15-14(16)5-12(8-18-15)7-17-6-11(2)3/h5,8-11,17H,4,6-7H2,1-3H3. The number of halogens is 1. The third-order valence-corrected chi connectivity index (χ3v) is 3.16. The predicted molar refractivity (Wildman–Crippen MR) is 83.8 cm³/mol. The molecule has 2 rings (SSSR count). The molecule has 21 heavy (non-hydrogen) atoms. The molecule has 0 saturated heterocycles. The van der Waals surface area contributed by atoms with Crippen LogP contribution in [-0.4, -0.2) is 21.3 Å². The maximum Gasteiger partial charge on any atom is 0.238 e. The molecule has 0 saturated carbocycles. The Hall–Kier alpha value is -1.59. The maximum atomic E-state index is 6.22. The monoisotopic (exact) mass is 308 g/mol. The third kappa shape index (κ3) is 4.72. The van der Waals surface area contributed by atoms with Gasteiger partial charge in [0.2, 0.25) is 5.88 Å². The van der Waals surface area contributed by atoms with Crippen LogP contribution in [0.5, 0.6) is 11.6 Å². The summed E-state index contributed by atoms with van der Waals surface area (Å²) in [6.45, 7) is 8.87. The summed E-state index contributed by atoms with van der Waals surface area (Å²) < 4.78 is 7.43. The first-order valence-electron chi connectivity index (χ1n) is 7.14. The van der Waals surface area contributed by atoms with E-state index in [4.69, 9.17) is 16.3 Å². The van der Waals surface area contributed by atoms with E-state index in [0.717, 1.165) is 25.2 Å². The van der Waals surface area contributed by atoms with Crippen LogP contribution in [-0.2, 0) is 13.1 Å². The quantitative estimate of drug-likeness (QED) is 0.850. The largest absolute Gasteiger partial charge is 0.434 e. The summed E-state index contributed by atoms with van der Waals surface area (Å²) in [5.74, 6) is 1.66. The third-order valence-electron chi connectivity index (χ3n) is 2.89. The fourth-order valence-electron chi connectivity index (χ4n) is 1.82. The minimum atomic E-state index is 0.403. The summed E-state index contributed by atoms with van der Waals surface area (Å²) >= 11 is 6.22. The van der Waals surface area contributed by atoms with E-state index in [9.17, 15) is 0 Å². The normalized spacial score (nSPS) is 11.1. The molecule has 0 radical (unpaired) electrons. The van der Waals surface area contributed by atoms with Gasteiger partial charge in [-0.15, -0.1) is 0 Å². The fraction of sp³-hybridized carbons (Fsp3) is 0.467. The highest BCUT2D eigenvalue weighted by Gasteiger charge is 2.08. The second kappa shape index (κ2) is 7.43.